The summed E-state index contributed by atoms with van der Waals surface area (Å²) >= 11 is 1.47. The monoisotopic (exact) mass is 297 g/mol. The fourth-order valence-electron chi connectivity index (χ4n) is 2.31. The van der Waals surface area contributed by atoms with E-state index in [0.29, 0.717) is 0 Å². The molecule has 1 N–H and O–H groups in total. The van der Waals surface area contributed by atoms with Crippen molar-refractivity contribution >= 4 is 22.6 Å². The van der Waals surface area contributed by atoms with Crippen molar-refractivity contribution in [1.29, 1.82) is 0 Å². The minimum atomic E-state index is -0.915. The van der Waals surface area contributed by atoms with Gasteiger partial charge in [-0.05, 0) is 11.1 Å². The SMILES string of the molecule is COC(=O)C1(c2ccccc2)NC=C(c2ccccc2)S1. The highest BCUT2D eigenvalue weighted by Crippen LogP contribution is 2.47. The summed E-state index contributed by atoms with van der Waals surface area (Å²) in [5.41, 5.74) is 1.96. The van der Waals surface area contributed by atoms with Gasteiger partial charge in [-0.15, -0.1) is 0 Å². The largest absolute Gasteiger partial charge is 0.466 e. The van der Waals surface area contributed by atoms with Crippen LogP contribution in [-0.4, -0.2) is 13.1 Å². The highest BCUT2D eigenvalue weighted by atomic mass is 32.2. The molecule has 2 aromatic carbocycles. The number of carbonyl (C=O) groups excluding carboxylic acids is 1. The lowest BCUT2D eigenvalue weighted by atomic mass is 10.1. The van der Waals surface area contributed by atoms with Crippen molar-refractivity contribution < 1.29 is 9.53 Å². The highest BCUT2D eigenvalue weighted by Gasteiger charge is 2.46. The van der Waals surface area contributed by atoms with Gasteiger partial charge in [-0.3, -0.25) is 0 Å². The molecular weight excluding hydrogens is 282 g/mol. The van der Waals surface area contributed by atoms with Crippen LogP contribution in [0.3, 0.4) is 0 Å². The van der Waals surface area contributed by atoms with Crippen molar-refractivity contribution in [3.63, 3.8) is 0 Å². The molecule has 0 saturated carbocycles. The van der Waals surface area contributed by atoms with E-state index in [1.54, 1.807) is 0 Å². The molecule has 1 heterocycles. The van der Waals surface area contributed by atoms with Crippen molar-refractivity contribution in [2.75, 3.05) is 7.11 Å². The number of hydrogen-bond acceptors (Lipinski definition) is 4. The van der Waals surface area contributed by atoms with Crippen LogP contribution in [0.25, 0.3) is 4.91 Å². The summed E-state index contributed by atoms with van der Waals surface area (Å²) in [6.45, 7) is 0. The van der Waals surface area contributed by atoms with Crippen molar-refractivity contribution in [3.05, 3.63) is 78.0 Å². The number of methoxy groups -OCH3 is 1. The third-order valence-corrected chi connectivity index (χ3v) is 4.78. The second-order valence-corrected chi connectivity index (χ2v) is 5.92. The second kappa shape index (κ2) is 5.66. The smallest absolute Gasteiger partial charge is 0.347 e. The second-order valence-electron chi connectivity index (χ2n) is 4.66. The lowest BCUT2D eigenvalue weighted by Gasteiger charge is -2.26. The first kappa shape index (κ1) is 13.8. The summed E-state index contributed by atoms with van der Waals surface area (Å²) in [4.78, 5) is 12.5. The zero-order valence-electron chi connectivity index (χ0n) is 11.6. The van der Waals surface area contributed by atoms with Crippen LogP contribution >= 0.6 is 11.8 Å². The molecule has 106 valence electrons. The molecule has 0 radical (unpaired) electrons. The first-order valence-electron chi connectivity index (χ1n) is 6.62. The molecule has 1 atom stereocenters. The average molecular weight is 297 g/mol. The molecule has 0 saturated heterocycles. The number of esters is 1. The van der Waals surface area contributed by atoms with Crippen LogP contribution in [0.1, 0.15) is 11.1 Å². The Hall–Kier alpha value is -2.20. The zero-order valence-corrected chi connectivity index (χ0v) is 12.4. The minimum Gasteiger partial charge on any atom is -0.466 e. The van der Waals surface area contributed by atoms with Crippen molar-refractivity contribution in [2.24, 2.45) is 0 Å². The van der Waals surface area contributed by atoms with Gasteiger partial charge >= 0.3 is 5.97 Å². The van der Waals surface area contributed by atoms with Gasteiger partial charge in [0.1, 0.15) is 0 Å². The number of nitrogens with one attached hydrogen (secondary N) is 1. The first-order valence-corrected chi connectivity index (χ1v) is 7.44. The van der Waals surface area contributed by atoms with Crippen molar-refractivity contribution in [3.8, 4) is 0 Å². The number of ether oxygens (including phenoxy) is 1. The van der Waals surface area contributed by atoms with Crippen LogP contribution in [0.15, 0.2) is 66.9 Å². The summed E-state index contributed by atoms with van der Waals surface area (Å²) in [6, 6.07) is 19.6. The highest BCUT2D eigenvalue weighted by molar-refractivity contribution is 8.10. The van der Waals surface area contributed by atoms with E-state index in [4.69, 9.17) is 4.74 Å². The summed E-state index contributed by atoms with van der Waals surface area (Å²) < 4.78 is 5.02. The van der Waals surface area contributed by atoms with Gasteiger partial charge in [0, 0.05) is 11.1 Å². The molecule has 0 aliphatic carbocycles. The molecule has 3 rings (SSSR count). The van der Waals surface area contributed by atoms with Gasteiger partial charge in [0.2, 0.25) is 4.87 Å². The Morgan fingerprint density at radius 2 is 1.67 bits per heavy atom. The van der Waals surface area contributed by atoms with Crippen LogP contribution in [0.4, 0.5) is 0 Å². The number of carbonyl (C=O) groups is 1. The van der Waals surface area contributed by atoms with E-state index in [1.165, 1.54) is 18.9 Å². The summed E-state index contributed by atoms with van der Waals surface area (Å²) in [6.07, 6.45) is 1.88. The Bertz CT molecular complexity index is 670. The Morgan fingerprint density at radius 1 is 1.05 bits per heavy atom. The van der Waals surface area contributed by atoms with Gasteiger partial charge < -0.3 is 10.1 Å². The van der Waals surface area contributed by atoms with Gasteiger partial charge in [0.25, 0.3) is 0 Å². The van der Waals surface area contributed by atoms with E-state index in [9.17, 15) is 4.79 Å². The normalized spacial score (nSPS) is 20.5. The molecule has 0 aromatic heterocycles. The number of rotatable bonds is 3. The Balaban J connectivity index is 1.97. The maximum atomic E-state index is 12.4. The van der Waals surface area contributed by atoms with E-state index >= 15 is 0 Å². The molecule has 1 aliphatic rings. The van der Waals surface area contributed by atoms with Crippen LogP contribution in [0, 0.1) is 0 Å². The quantitative estimate of drug-likeness (QED) is 0.882. The lowest BCUT2D eigenvalue weighted by molar-refractivity contribution is -0.144. The predicted molar refractivity (Wildman–Crippen MR) is 85.3 cm³/mol. The molecular formula is C17H15NO2S. The topological polar surface area (TPSA) is 38.3 Å². The summed E-state index contributed by atoms with van der Waals surface area (Å²) in [5, 5.41) is 3.21. The van der Waals surface area contributed by atoms with E-state index in [2.05, 4.69) is 5.32 Å². The fraction of sp³-hybridized carbons (Fsp3) is 0.118. The van der Waals surface area contributed by atoms with Crippen LogP contribution in [0.5, 0.6) is 0 Å². The molecule has 1 aliphatic heterocycles. The van der Waals surface area contributed by atoms with E-state index in [1.807, 2.05) is 66.9 Å². The van der Waals surface area contributed by atoms with Gasteiger partial charge in [-0.2, -0.15) is 0 Å². The van der Waals surface area contributed by atoms with Crippen molar-refractivity contribution in [1.82, 2.24) is 5.32 Å². The molecule has 2 aromatic rings. The predicted octanol–water partition coefficient (Wildman–Crippen LogP) is 3.35. The average Bonchev–Trinajstić information content (AvgIpc) is 3.02. The van der Waals surface area contributed by atoms with E-state index in [-0.39, 0.29) is 5.97 Å². The zero-order chi connectivity index (χ0) is 14.7. The van der Waals surface area contributed by atoms with Gasteiger partial charge in [-0.25, -0.2) is 4.79 Å². The van der Waals surface area contributed by atoms with Gasteiger partial charge in [0.05, 0.1) is 7.11 Å². The molecule has 1 unspecified atom stereocenters. The van der Waals surface area contributed by atoms with Gasteiger partial charge in [-0.1, -0.05) is 72.4 Å². The number of hydrogen-bond donors (Lipinski definition) is 1. The van der Waals surface area contributed by atoms with Crippen LogP contribution < -0.4 is 5.32 Å². The lowest BCUT2D eigenvalue weighted by Crippen LogP contribution is -2.42. The van der Waals surface area contributed by atoms with E-state index < -0.39 is 4.87 Å². The Kier molecular flexibility index (Phi) is 3.71. The molecule has 0 fully saturated rings. The molecule has 21 heavy (non-hydrogen) atoms. The van der Waals surface area contributed by atoms with Crippen LogP contribution in [-0.2, 0) is 14.4 Å². The third kappa shape index (κ3) is 2.43. The number of thioether (sulfide) groups is 1. The maximum absolute atomic E-state index is 12.4. The van der Waals surface area contributed by atoms with E-state index in [0.717, 1.165) is 16.0 Å². The Labute approximate surface area is 128 Å². The van der Waals surface area contributed by atoms with Gasteiger partial charge in [0.15, 0.2) is 0 Å². The minimum absolute atomic E-state index is 0.305. The summed E-state index contributed by atoms with van der Waals surface area (Å²) in [5.74, 6) is -0.305. The van der Waals surface area contributed by atoms with Crippen molar-refractivity contribution in [2.45, 2.75) is 4.87 Å². The fourth-order valence-corrected chi connectivity index (χ4v) is 3.55. The summed E-state index contributed by atoms with van der Waals surface area (Å²) in [7, 11) is 1.41. The third-order valence-electron chi connectivity index (χ3n) is 3.38. The van der Waals surface area contributed by atoms with Crippen LogP contribution in [0.2, 0.25) is 0 Å². The Morgan fingerprint density at radius 3 is 2.29 bits per heavy atom. The first-order chi connectivity index (χ1) is 10.3. The molecule has 0 spiro atoms. The molecule has 0 bridgehead atoms. The number of benzene rings is 2. The standard InChI is InChI=1S/C17H15NO2S/c1-20-16(19)17(14-10-6-3-7-11-14)18-12-15(21-17)13-8-4-2-5-9-13/h2-12,18H,1H3. The molecule has 0 amide bonds. The maximum Gasteiger partial charge on any atom is 0.347 e. The molecule has 4 heteroatoms. The molecule has 3 nitrogen and oxygen atoms in total.